The predicted molar refractivity (Wildman–Crippen MR) is 74.3 cm³/mol. The summed E-state index contributed by atoms with van der Waals surface area (Å²) in [7, 11) is -2.13. The smallest absolute Gasteiger partial charge is 0.243 e. The highest BCUT2D eigenvalue weighted by atomic mass is 32.2. The first-order valence-corrected chi connectivity index (χ1v) is 7.63. The summed E-state index contributed by atoms with van der Waals surface area (Å²) in [4.78, 5) is 11.7. The molecule has 0 fully saturated rings. The van der Waals surface area contributed by atoms with E-state index in [2.05, 4.69) is 5.32 Å². The maximum Gasteiger partial charge on any atom is 0.243 e. The minimum Gasteiger partial charge on any atom is -0.358 e. The number of nitrogens with zero attached hydrogens (tertiary/aromatic N) is 1. The molecule has 0 aliphatic carbocycles. The van der Waals surface area contributed by atoms with Crippen molar-refractivity contribution in [3.8, 4) is 0 Å². The number of carbonyl (C=O) groups is 1. The molecule has 0 saturated heterocycles. The molecule has 0 heterocycles. The maximum absolute atomic E-state index is 12.5. The molecule has 1 aromatic carbocycles. The largest absolute Gasteiger partial charge is 0.358 e. The lowest BCUT2D eigenvalue weighted by Crippen LogP contribution is -2.40. The van der Waals surface area contributed by atoms with Crippen LogP contribution >= 0.6 is 0 Å². The second kappa shape index (κ2) is 6.68. The molecule has 0 radical (unpaired) electrons. The van der Waals surface area contributed by atoms with Crippen molar-refractivity contribution >= 4 is 15.9 Å². The summed E-state index contributed by atoms with van der Waals surface area (Å²) < 4.78 is 26.3. The Hall–Kier alpha value is -1.40. The Labute approximate surface area is 114 Å². The van der Waals surface area contributed by atoms with Crippen LogP contribution in [0.5, 0.6) is 0 Å². The average molecular weight is 284 g/mol. The molecule has 0 unspecified atom stereocenters. The summed E-state index contributed by atoms with van der Waals surface area (Å²) in [5.74, 6) is -0.314. The molecule has 0 atom stereocenters. The first-order chi connectivity index (χ1) is 8.93. The van der Waals surface area contributed by atoms with Gasteiger partial charge in [0.05, 0.1) is 11.4 Å². The van der Waals surface area contributed by atoms with Crippen molar-refractivity contribution in [1.82, 2.24) is 9.62 Å². The third-order valence-electron chi connectivity index (χ3n) is 2.78. The van der Waals surface area contributed by atoms with Gasteiger partial charge in [-0.05, 0) is 25.0 Å². The predicted octanol–water partition coefficient (Wildman–Crippen LogP) is 1.14. The molecule has 1 rings (SSSR count). The Kier molecular flexibility index (Phi) is 5.50. The first-order valence-electron chi connectivity index (χ1n) is 6.19. The van der Waals surface area contributed by atoms with Crippen LogP contribution in [0.3, 0.4) is 0 Å². The zero-order valence-corrected chi connectivity index (χ0v) is 12.3. The lowest BCUT2D eigenvalue weighted by atomic mass is 10.2. The maximum atomic E-state index is 12.5. The van der Waals surface area contributed by atoms with E-state index < -0.39 is 10.0 Å². The third kappa shape index (κ3) is 3.78. The van der Waals surface area contributed by atoms with Crippen LogP contribution in [-0.2, 0) is 14.8 Å². The lowest BCUT2D eigenvalue weighted by molar-refractivity contribution is -0.120. The first kappa shape index (κ1) is 15.7. The molecule has 19 heavy (non-hydrogen) atoms. The fourth-order valence-electron chi connectivity index (χ4n) is 1.76. The molecule has 6 heteroatoms. The number of nitrogens with one attached hydrogen (secondary N) is 1. The van der Waals surface area contributed by atoms with Gasteiger partial charge in [-0.3, -0.25) is 4.79 Å². The summed E-state index contributed by atoms with van der Waals surface area (Å²) in [6, 6.07) is 6.79. The zero-order chi connectivity index (χ0) is 14.5. The van der Waals surface area contributed by atoms with Gasteiger partial charge in [-0.1, -0.05) is 25.1 Å². The number of hydrogen-bond acceptors (Lipinski definition) is 3. The summed E-state index contributed by atoms with van der Waals surface area (Å²) >= 11 is 0. The van der Waals surface area contributed by atoms with Crippen LogP contribution in [0.2, 0.25) is 0 Å². The molecule has 106 valence electrons. The third-order valence-corrected chi connectivity index (χ3v) is 4.79. The van der Waals surface area contributed by atoms with E-state index in [0.717, 1.165) is 0 Å². The van der Waals surface area contributed by atoms with E-state index in [1.54, 1.807) is 31.2 Å². The molecule has 1 N–H and O–H groups in total. The molecule has 0 saturated carbocycles. The summed E-state index contributed by atoms with van der Waals surface area (Å²) in [6.45, 7) is 3.80. The monoisotopic (exact) mass is 284 g/mol. The van der Waals surface area contributed by atoms with Crippen LogP contribution in [0, 0.1) is 6.92 Å². The quantitative estimate of drug-likeness (QED) is 0.852. The highest BCUT2D eigenvalue weighted by Crippen LogP contribution is 2.19. The molecule has 5 nitrogen and oxygen atoms in total. The van der Waals surface area contributed by atoms with E-state index in [1.807, 2.05) is 6.92 Å². The molecule has 0 aliphatic rings. The Morgan fingerprint density at radius 1 is 1.32 bits per heavy atom. The fraction of sp³-hybridized carbons (Fsp3) is 0.462. The van der Waals surface area contributed by atoms with E-state index in [4.69, 9.17) is 0 Å². The number of likely N-dealkylation sites (N-methyl/N-ethyl adjacent to an activating group) is 1. The standard InChI is InChI=1S/C13H20N2O3S/c1-4-9-15(10-13(16)14-3)19(17,18)12-8-6-5-7-11(12)2/h5-8H,4,9-10H2,1-3H3,(H,14,16). The number of amides is 1. The van der Waals surface area contributed by atoms with Crippen molar-refractivity contribution < 1.29 is 13.2 Å². The second-order valence-electron chi connectivity index (χ2n) is 4.28. The van der Waals surface area contributed by atoms with Crippen molar-refractivity contribution in [3.63, 3.8) is 0 Å². The van der Waals surface area contributed by atoms with Crippen LogP contribution in [0.1, 0.15) is 18.9 Å². The molecular weight excluding hydrogens is 264 g/mol. The van der Waals surface area contributed by atoms with Gasteiger partial charge in [-0.2, -0.15) is 4.31 Å². The van der Waals surface area contributed by atoms with E-state index in [-0.39, 0.29) is 17.3 Å². The number of carbonyl (C=O) groups excluding carboxylic acids is 1. The Bertz CT molecular complexity index is 541. The van der Waals surface area contributed by atoms with E-state index in [0.29, 0.717) is 18.5 Å². The van der Waals surface area contributed by atoms with Crippen molar-refractivity contribution in [2.45, 2.75) is 25.2 Å². The van der Waals surface area contributed by atoms with Gasteiger partial charge in [0.1, 0.15) is 0 Å². The van der Waals surface area contributed by atoms with Gasteiger partial charge in [0, 0.05) is 13.6 Å². The number of aryl methyl sites for hydroxylation is 1. The summed E-state index contributed by atoms with van der Waals surface area (Å²) in [5, 5.41) is 2.45. The van der Waals surface area contributed by atoms with Gasteiger partial charge in [-0.15, -0.1) is 0 Å². The summed E-state index contributed by atoms with van der Waals surface area (Å²) in [5.41, 5.74) is 0.681. The van der Waals surface area contributed by atoms with E-state index in [9.17, 15) is 13.2 Å². The minimum absolute atomic E-state index is 0.152. The molecule has 0 spiro atoms. The van der Waals surface area contributed by atoms with Crippen molar-refractivity contribution in [2.24, 2.45) is 0 Å². The number of sulfonamides is 1. The molecular formula is C13H20N2O3S. The van der Waals surface area contributed by atoms with Crippen LogP contribution in [0.15, 0.2) is 29.2 Å². The summed E-state index contributed by atoms with van der Waals surface area (Å²) in [6.07, 6.45) is 0.655. The normalized spacial score (nSPS) is 11.6. The zero-order valence-electron chi connectivity index (χ0n) is 11.5. The molecule has 0 bridgehead atoms. The SMILES string of the molecule is CCCN(CC(=O)NC)S(=O)(=O)c1ccccc1C. The Morgan fingerprint density at radius 2 is 1.95 bits per heavy atom. The van der Waals surface area contributed by atoms with E-state index >= 15 is 0 Å². The average Bonchev–Trinajstić information content (AvgIpc) is 2.38. The second-order valence-corrected chi connectivity index (χ2v) is 6.18. The van der Waals surface area contributed by atoms with Crippen LogP contribution in [0.25, 0.3) is 0 Å². The van der Waals surface area contributed by atoms with Crippen LogP contribution in [0.4, 0.5) is 0 Å². The fourth-order valence-corrected chi connectivity index (χ4v) is 3.47. The van der Waals surface area contributed by atoms with Gasteiger partial charge in [0.2, 0.25) is 15.9 Å². The minimum atomic E-state index is -3.63. The molecule has 0 aromatic heterocycles. The highest BCUT2D eigenvalue weighted by molar-refractivity contribution is 7.89. The molecule has 1 aromatic rings. The number of benzene rings is 1. The van der Waals surface area contributed by atoms with Crippen molar-refractivity contribution in [3.05, 3.63) is 29.8 Å². The van der Waals surface area contributed by atoms with Gasteiger partial charge >= 0.3 is 0 Å². The van der Waals surface area contributed by atoms with Crippen LogP contribution in [-0.4, -0.2) is 38.8 Å². The van der Waals surface area contributed by atoms with Crippen molar-refractivity contribution in [1.29, 1.82) is 0 Å². The van der Waals surface area contributed by atoms with Crippen LogP contribution < -0.4 is 5.32 Å². The Balaban J connectivity index is 3.13. The number of hydrogen-bond donors (Lipinski definition) is 1. The van der Waals surface area contributed by atoms with Gasteiger partial charge in [-0.25, -0.2) is 8.42 Å². The van der Waals surface area contributed by atoms with Crippen molar-refractivity contribution in [2.75, 3.05) is 20.1 Å². The number of rotatable bonds is 6. The van der Waals surface area contributed by atoms with Gasteiger partial charge in [0.25, 0.3) is 0 Å². The highest BCUT2D eigenvalue weighted by Gasteiger charge is 2.26. The molecule has 0 aliphatic heterocycles. The lowest BCUT2D eigenvalue weighted by Gasteiger charge is -2.21. The Morgan fingerprint density at radius 3 is 2.47 bits per heavy atom. The van der Waals surface area contributed by atoms with Gasteiger partial charge in [0.15, 0.2) is 0 Å². The van der Waals surface area contributed by atoms with E-state index in [1.165, 1.54) is 11.4 Å². The van der Waals surface area contributed by atoms with Gasteiger partial charge < -0.3 is 5.32 Å². The molecule has 1 amide bonds. The topological polar surface area (TPSA) is 66.5 Å².